The summed E-state index contributed by atoms with van der Waals surface area (Å²) >= 11 is 0. The highest BCUT2D eigenvalue weighted by Gasteiger charge is 2.26. The van der Waals surface area contributed by atoms with Crippen LogP contribution in [0.4, 0.5) is 0 Å². The third-order valence-corrected chi connectivity index (χ3v) is 3.48. The molecule has 0 radical (unpaired) electrons. The molecule has 1 heterocycles. The predicted molar refractivity (Wildman–Crippen MR) is 68.5 cm³/mol. The number of nitrogens with one attached hydrogen (secondary N) is 1. The van der Waals surface area contributed by atoms with Crippen LogP contribution in [0.3, 0.4) is 0 Å². The lowest BCUT2D eigenvalue weighted by molar-refractivity contribution is 0.351. The molecule has 0 unspecified atom stereocenters. The van der Waals surface area contributed by atoms with Crippen LogP contribution in [0, 0.1) is 0 Å². The van der Waals surface area contributed by atoms with Crippen LogP contribution in [0.5, 0.6) is 0 Å². The van der Waals surface area contributed by atoms with Gasteiger partial charge in [-0.3, -0.25) is 0 Å². The van der Waals surface area contributed by atoms with E-state index in [0.29, 0.717) is 5.92 Å². The van der Waals surface area contributed by atoms with E-state index in [1.165, 1.54) is 11.1 Å². The zero-order valence-electron chi connectivity index (χ0n) is 10.5. The van der Waals surface area contributed by atoms with Crippen molar-refractivity contribution in [1.82, 2.24) is 15.5 Å². The molecule has 0 fully saturated rings. The second kappa shape index (κ2) is 4.90. The van der Waals surface area contributed by atoms with Crippen LogP contribution >= 0.6 is 0 Å². The van der Waals surface area contributed by atoms with Gasteiger partial charge in [0.2, 0.25) is 5.89 Å². The monoisotopic (exact) mass is 243 g/mol. The van der Waals surface area contributed by atoms with Gasteiger partial charge in [-0.05, 0) is 31.0 Å². The van der Waals surface area contributed by atoms with Crippen molar-refractivity contribution in [3.05, 3.63) is 47.1 Å². The maximum atomic E-state index is 5.39. The van der Waals surface area contributed by atoms with E-state index in [-0.39, 0.29) is 0 Å². The third-order valence-electron chi connectivity index (χ3n) is 3.48. The van der Waals surface area contributed by atoms with Gasteiger partial charge >= 0.3 is 0 Å². The van der Waals surface area contributed by atoms with Gasteiger partial charge in [0.25, 0.3) is 0 Å². The average molecular weight is 243 g/mol. The first-order chi connectivity index (χ1) is 8.86. The van der Waals surface area contributed by atoms with Gasteiger partial charge in [0.15, 0.2) is 5.82 Å². The second-order valence-electron chi connectivity index (χ2n) is 4.78. The molecule has 1 N–H and O–H groups in total. The van der Waals surface area contributed by atoms with Gasteiger partial charge < -0.3 is 9.84 Å². The van der Waals surface area contributed by atoms with Gasteiger partial charge in [0.1, 0.15) is 0 Å². The number of hydrogen-bond donors (Lipinski definition) is 1. The van der Waals surface area contributed by atoms with Crippen molar-refractivity contribution in [1.29, 1.82) is 0 Å². The Bertz CT molecular complexity index is 510. The van der Waals surface area contributed by atoms with E-state index < -0.39 is 0 Å². The number of nitrogens with zero attached hydrogens (tertiary/aromatic N) is 2. The smallest absolute Gasteiger partial charge is 0.230 e. The molecule has 0 bridgehead atoms. The highest BCUT2D eigenvalue weighted by Crippen LogP contribution is 2.32. The largest absolute Gasteiger partial charge is 0.339 e. The molecule has 0 saturated carbocycles. The Kier molecular flexibility index (Phi) is 3.11. The summed E-state index contributed by atoms with van der Waals surface area (Å²) in [6.07, 6.45) is 2.85. The summed E-state index contributed by atoms with van der Waals surface area (Å²) < 4.78 is 5.39. The van der Waals surface area contributed by atoms with E-state index in [1.54, 1.807) is 0 Å². The summed E-state index contributed by atoms with van der Waals surface area (Å²) in [7, 11) is 1.93. The lowest BCUT2D eigenvalue weighted by Gasteiger charge is -2.00. The fraction of sp³-hybridized carbons (Fsp3) is 0.429. The Morgan fingerprint density at radius 2 is 2.00 bits per heavy atom. The molecule has 0 amide bonds. The molecule has 1 aliphatic rings. The minimum absolute atomic E-state index is 0.359. The topological polar surface area (TPSA) is 51.0 Å². The molecule has 2 aromatic rings. The average Bonchev–Trinajstić information content (AvgIpc) is 3.02. The van der Waals surface area contributed by atoms with Crippen molar-refractivity contribution in [3.8, 4) is 0 Å². The van der Waals surface area contributed by atoms with Gasteiger partial charge in [-0.2, -0.15) is 4.98 Å². The Balaban J connectivity index is 1.72. The summed E-state index contributed by atoms with van der Waals surface area (Å²) in [6, 6.07) is 8.56. The highest BCUT2D eigenvalue weighted by atomic mass is 16.5. The minimum Gasteiger partial charge on any atom is -0.339 e. The van der Waals surface area contributed by atoms with Gasteiger partial charge in [-0.1, -0.05) is 29.4 Å². The quantitative estimate of drug-likeness (QED) is 0.888. The van der Waals surface area contributed by atoms with Crippen molar-refractivity contribution < 1.29 is 4.52 Å². The van der Waals surface area contributed by atoms with Gasteiger partial charge in [-0.25, -0.2) is 0 Å². The van der Waals surface area contributed by atoms with E-state index in [4.69, 9.17) is 4.52 Å². The van der Waals surface area contributed by atoms with Gasteiger partial charge in [0, 0.05) is 18.9 Å². The highest BCUT2D eigenvalue weighted by molar-refractivity contribution is 5.34. The molecule has 4 nitrogen and oxygen atoms in total. The Hall–Kier alpha value is -1.68. The molecule has 0 spiro atoms. The molecule has 3 rings (SSSR count). The molecule has 94 valence electrons. The summed E-state index contributed by atoms with van der Waals surface area (Å²) in [6.45, 7) is 0.879. The maximum Gasteiger partial charge on any atom is 0.230 e. The van der Waals surface area contributed by atoms with Crippen LogP contribution in [0.15, 0.2) is 28.8 Å². The summed E-state index contributed by atoms with van der Waals surface area (Å²) in [5.41, 5.74) is 2.83. The maximum absolute atomic E-state index is 5.39. The number of benzene rings is 1. The first kappa shape index (κ1) is 11.4. The van der Waals surface area contributed by atoms with Crippen molar-refractivity contribution in [2.45, 2.75) is 25.2 Å². The van der Waals surface area contributed by atoms with E-state index in [9.17, 15) is 0 Å². The first-order valence-electron chi connectivity index (χ1n) is 6.40. The Labute approximate surface area is 106 Å². The summed E-state index contributed by atoms with van der Waals surface area (Å²) in [5, 5.41) is 7.12. The van der Waals surface area contributed by atoms with Crippen LogP contribution in [0.2, 0.25) is 0 Å². The van der Waals surface area contributed by atoms with Crippen LogP contribution < -0.4 is 5.32 Å². The number of aromatic nitrogens is 2. The number of likely N-dealkylation sites (N-methyl/N-ethyl adjacent to an activating group) is 1. The Morgan fingerprint density at radius 3 is 2.67 bits per heavy atom. The summed E-state index contributed by atoms with van der Waals surface area (Å²) in [4.78, 5) is 4.50. The Morgan fingerprint density at radius 1 is 1.28 bits per heavy atom. The van der Waals surface area contributed by atoms with Crippen molar-refractivity contribution >= 4 is 0 Å². The number of hydrogen-bond acceptors (Lipinski definition) is 4. The standard InChI is InChI=1S/C14H17N3O/c1-15-7-6-13-16-14(18-17-13)12-8-10-4-2-3-5-11(10)9-12/h2-5,12,15H,6-9H2,1H3. The lowest BCUT2D eigenvalue weighted by Crippen LogP contribution is -2.11. The molecule has 1 aromatic carbocycles. The van der Waals surface area contributed by atoms with Crippen molar-refractivity contribution in [3.63, 3.8) is 0 Å². The second-order valence-corrected chi connectivity index (χ2v) is 4.78. The molecule has 0 aliphatic heterocycles. The normalized spacial score (nSPS) is 14.9. The molecule has 1 aromatic heterocycles. The zero-order chi connectivity index (χ0) is 12.4. The van der Waals surface area contributed by atoms with Crippen molar-refractivity contribution in [2.75, 3.05) is 13.6 Å². The number of rotatable bonds is 4. The number of fused-ring (bicyclic) bond motifs is 1. The van der Waals surface area contributed by atoms with Crippen LogP contribution in [0.1, 0.15) is 28.8 Å². The zero-order valence-corrected chi connectivity index (χ0v) is 10.5. The van der Waals surface area contributed by atoms with E-state index in [1.807, 2.05) is 7.05 Å². The molecule has 0 atom stereocenters. The van der Waals surface area contributed by atoms with E-state index >= 15 is 0 Å². The van der Waals surface area contributed by atoms with E-state index in [2.05, 4.69) is 39.7 Å². The fourth-order valence-electron chi connectivity index (χ4n) is 2.51. The third kappa shape index (κ3) is 2.16. The molecule has 1 aliphatic carbocycles. The molecule has 4 heteroatoms. The van der Waals surface area contributed by atoms with E-state index in [0.717, 1.165) is 37.5 Å². The van der Waals surface area contributed by atoms with Gasteiger partial charge in [-0.15, -0.1) is 0 Å². The van der Waals surface area contributed by atoms with Crippen LogP contribution in [0.25, 0.3) is 0 Å². The SMILES string of the molecule is CNCCc1noc(C2Cc3ccccc3C2)n1. The van der Waals surface area contributed by atoms with Crippen molar-refractivity contribution in [2.24, 2.45) is 0 Å². The van der Waals surface area contributed by atoms with Gasteiger partial charge in [0.05, 0.1) is 0 Å². The molecular formula is C14H17N3O. The van der Waals surface area contributed by atoms with Crippen LogP contribution in [-0.2, 0) is 19.3 Å². The lowest BCUT2D eigenvalue weighted by atomic mass is 10.1. The summed E-state index contributed by atoms with van der Waals surface area (Å²) in [5.74, 6) is 1.95. The van der Waals surface area contributed by atoms with Crippen LogP contribution in [-0.4, -0.2) is 23.7 Å². The first-order valence-corrected chi connectivity index (χ1v) is 6.40. The molecule has 18 heavy (non-hydrogen) atoms. The fourth-order valence-corrected chi connectivity index (χ4v) is 2.51. The predicted octanol–water partition coefficient (Wildman–Crippen LogP) is 1.71. The molecular weight excluding hydrogens is 226 g/mol. The minimum atomic E-state index is 0.359. The molecule has 0 saturated heterocycles.